The van der Waals surface area contributed by atoms with Gasteiger partial charge < -0.3 is 18.7 Å². The maximum absolute atomic E-state index is 10.9. The van der Waals surface area contributed by atoms with Gasteiger partial charge in [-0.15, -0.1) is 0 Å². The van der Waals surface area contributed by atoms with Gasteiger partial charge in [0.1, 0.15) is 6.29 Å². The Kier molecular flexibility index (Phi) is 7.53. The summed E-state index contributed by atoms with van der Waals surface area (Å²) in [7, 11) is -2.56. The van der Waals surface area contributed by atoms with Crippen molar-refractivity contribution in [2.75, 3.05) is 6.61 Å². The van der Waals surface area contributed by atoms with Crippen LogP contribution in [0.3, 0.4) is 0 Å². The van der Waals surface area contributed by atoms with E-state index in [1.165, 1.54) is 10.4 Å². The van der Waals surface area contributed by atoms with E-state index in [1.54, 1.807) is 0 Å². The lowest BCUT2D eigenvalue weighted by Crippen LogP contribution is -2.66. The van der Waals surface area contributed by atoms with Gasteiger partial charge in [0, 0.05) is 13.0 Å². The maximum atomic E-state index is 10.9. The molecule has 3 rings (SSSR count). The summed E-state index contributed by atoms with van der Waals surface area (Å²) < 4.78 is 19.2. The van der Waals surface area contributed by atoms with Gasteiger partial charge in [-0.3, -0.25) is 0 Å². The highest BCUT2D eigenvalue weighted by molar-refractivity contribution is 6.99. The summed E-state index contributed by atoms with van der Waals surface area (Å²) in [5.41, 5.74) is 0. The number of aldehydes is 1. The Morgan fingerprint density at radius 1 is 0.903 bits per heavy atom. The molecule has 0 radical (unpaired) electrons. The lowest BCUT2D eigenvalue weighted by molar-refractivity contribution is -0.147. The normalized spacial score (nSPS) is 21.2. The minimum atomic E-state index is -2.56. The molecule has 4 nitrogen and oxygen atoms in total. The first-order valence-corrected chi connectivity index (χ1v) is 13.1. The Morgan fingerprint density at radius 3 is 1.84 bits per heavy atom. The third-order valence-corrected chi connectivity index (χ3v) is 11.0. The SMILES string of the molecule is CC1(C)O[C@@H](CCO[Si](c2ccccc2)(c2ccccc2)C(C)(C)C)[C@@H](CCC=O)O1. The molecule has 2 atom stereocenters. The molecular formula is C26H36O4Si. The van der Waals surface area contributed by atoms with E-state index in [9.17, 15) is 4.79 Å². The second-order valence-corrected chi connectivity index (χ2v) is 14.1. The first kappa shape index (κ1) is 23.9. The van der Waals surface area contributed by atoms with Crippen molar-refractivity contribution in [3.63, 3.8) is 0 Å². The summed E-state index contributed by atoms with van der Waals surface area (Å²) in [5.74, 6) is -0.629. The van der Waals surface area contributed by atoms with Gasteiger partial charge in [-0.05, 0) is 42.1 Å². The Morgan fingerprint density at radius 2 is 1.39 bits per heavy atom. The average Bonchev–Trinajstić information content (AvgIpc) is 3.03. The Hall–Kier alpha value is -1.79. The monoisotopic (exact) mass is 440 g/mol. The molecule has 1 saturated heterocycles. The number of carbonyl (C=O) groups is 1. The van der Waals surface area contributed by atoms with E-state index in [0.717, 1.165) is 12.7 Å². The third-order valence-electron chi connectivity index (χ3n) is 5.99. The molecule has 2 aromatic carbocycles. The summed E-state index contributed by atoms with van der Waals surface area (Å²) in [4.78, 5) is 10.9. The molecule has 0 unspecified atom stereocenters. The van der Waals surface area contributed by atoms with Gasteiger partial charge in [0.15, 0.2) is 5.79 Å². The van der Waals surface area contributed by atoms with Crippen LogP contribution in [0.4, 0.5) is 0 Å². The van der Waals surface area contributed by atoms with Crippen molar-refractivity contribution < 1.29 is 18.7 Å². The van der Waals surface area contributed by atoms with Gasteiger partial charge in [-0.2, -0.15) is 0 Å². The summed E-state index contributed by atoms with van der Waals surface area (Å²) in [6.45, 7) is 11.3. The fourth-order valence-electron chi connectivity index (χ4n) is 4.72. The molecule has 1 aliphatic rings. The van der Waals surface area contributed by atoms with Gasteiger partial charge >= 0.3 is 0 Å². The Balaban J connectivity index is 1.87. The number of carbonyl (C=O) groups excluding carboxylic acids is 1. The van der Waals surface area contributed by atoms with E-state index >= 15 is 0 Å². The van der Waals surface area contributed by atoms with Crippen molar-refractivity contribution in [3.05, 3.63) is 60.7 Å². The fraction of sp³-hybridized carbons (Fsp3) is 0.500. The Labute approximate surface area is 188 Å². The summed E-state index contributed by atoms with van der Waals surface area (Å²) in [5, 5.41) is 2.49. The largest absolute Gasteiger partial charge is 0.407 e. The van der Waals surface area contributed by atoms with Crippen molar-refractivity contribution in [1.82, 2.24) is 0 Å². The smallest absolute Gasteiger partial charge is 0.261 e. The molecule has 31 heavy (non-hydrogen) atoms. The van der Waals surface area contributed by atoms with Crippen LogP contribution in [-0.2, 0) is 18.7 Å². The first-order valence-electron chi connectivity index (χ1n) is 11.2. The average molecular weight is 441 g/mol. The van der Waals surface area contributed by atoms with Crippen molar-refractivity contribution in [1.29, 1.82) is 0 Å². The molecule has 0 N–H and O–H groups in total. The Bertz CT molecular complexity index is 790. The van der Waals surface area contributed by atoms with E-state index in [-0.39, 0.29) is 17.2 Å². The number of hydrogen-bond donors (Lipinski definition) is 0. The van der Waals surface area contributed by atoms with Crippen LogP contribution in [0.25, 0.3) is 0 Å². The zero-order valence-electron chi connectivity index (χ0n) is 19.5. The third kappa shape index (κ3) is 5.34. The first-order chi connectivity index (χ1) is 14.7. The number of benzene rings is 2. The van der Waals surface area contributed by atoms with Crippen LogP contribution >= 0.6 is 0 Å². The van der Waals surface area contributed by atoms with Crippen LogP contribution in [0, 0.1) is 0 Å². The van der Waals surface area contributed by atoms with Crippen molar-refractivity contribution in [2.45, 2.75) is 76.9 Å². The molecule has 0 aliphatic carbocycles. The van der Waals surface area contributed by atoms with E-state index in [2.05, 4.69) is 81.4 Å². The quantitative estimate of drug-likeness (QED) is 0.427. The minimum Gasteiger partial charge on any atom is -0.407 e. The van der Waals surface area contributed by atoms with Crippen LogP contribution in [0.5, 0.6) is 0 Å². The lowest BCUT2D eigenvalue weighted by Gasteiger charge is -2.43. The molecule has 0 spiro atoms. The van der Waals surface area contributed by atoms with Gasteiger partial charge in [-0.25, -0.2) is 0 Å². The molecule has 2 aromatic rings. The van der Waals surface area contributed by atoms with Gasteiger partial charge in [0.05, 0.1) is 12.2 Å². The number of hydrogen-bond acceptors (Lipinski definition) is 4. The van der Waals surface area contributed by atoms with Gasteiger partial charge in [0.25, 0.3) is 8.32 Å². The zero-order valence-corrected chi connectivity index (χ0v) is 20.5. The van der Waals surface area contributed by atoms with Crippen LogP contribution in [0.2, 0.25) is 5.04 Å². The molecule has 5 heteroatoms. The van der Waals surface area contributed by atoms with Crippen molar-refractivity contribution >= 4 is 25.0 Å². The van der Waals surface area contributed by atoms with Crippen molar-refractivity contribution in [2.24, 2.45) is 0 Å². The molecule has 1 fully saturated rings. The summed E-state index contributed by atoms with van der Waals surface area (Å²) in [6.07, 6.45) is 2.69. The van der Waals surface area contributed by atoms with Crippen molar-refractivity contribution in [3.8, 4) is 0 Å². The summed E-state index contributed by atoms with van der Waals surface area (Å²) in [6, 6.07) is 21.3. The van der Waals surface area contributed by atoms with E-state index in [0.29, 0.717) is 19.4 Å². The highest BCUT2D eigenvalue weighted by Crippen LogP contribution is 2.38. The van der Waals surface area contributed by atoms with Crippen LogP contribution in [-0.4, -0.2) is 39.2 Å². The standard InChI is InChI=1S/C26H36O4Si/c1-25(2,3)31(21-13-8-6-9-14-21,22-15-10-7-11-16-22)28-20-18-24-23(17-12-19-27)29-26(4,5)30-24/h6-11,13-16,19,23-24H,12,17-18,20H2,1-5H3/t23-,24+/m1/s1. The highest BCUT2D eigenvalue weighted by atomic mass is 28.4. The maximum Gasteiger partial charge on any atom is 0.261 e. The molecule has 1 heterocycles. The molecule has 1 aliphatic heterocycles. The molecular weight excluding hydrogens is 404 g/mol. The van der Waals surface area contributed by atoms with Crippen LogP contribution in [0.1, 0.15) is 53.9 Å². The van der Waals surface area contributed by atoms with E-state index in [4.69, 9.17) is 13.9 Å². The lowest BCUT2D eigenvalue weighted by atomic mass is 10.1. The predicted molar refractivity (Wildman–Crippen MR) is 127 cm³/mol. The minimum absolute atomic E-state index is 0.0566. The van der Waals surface area contributed by atoms with Crippen LogP contribution in [0.15, 0.2) is 60.7 Å². The van der Waals surface area contributed by atoms with E-state index in [1.807, 2.05) is 13.8 Å². The molecule has 0 saturated carbocycles. The fourth-order valence-corrected chi connectivity index (χ4v) is 9.30. The second-order valence-electron chi connectivity index (χ2n) is 9.76. The zero-order chi connectivity index (χ0) is 22.5. The van der Waals surface area contributed by atoms with E-state index < -0.39 is 14.1 Å². The van der Waals surface area contributed by atoms with Gasteiger partial charge in [0.2, 0.25) is 0 Å². The summed E-state index contributed by atoms with van der Waals surface area (Å²) >= 11 is 0. The number of rotatable bonds is 9. The highest BCUT2D eigenvalue weighted by Gasteiger charge is 2.50. The predicted octanol–water partition coefficient (Wildman–Crippen LogP) is 4.45. The molecule has 0 amide bonds. The topological polar surface area (TPSA) is 44.8 Å². The second kappa shape index (κ2) is 9.78. The molecule has 0 aromatic heterocycles. The van der Waals surface area contributed by atoms with Crippen LogP contribution < -0.4 is 10.4 Å². The number of ether oxygens (including phenoxy) is 2. The molecule has 168 valence electrons. The van der Waals surface area contributed by atoms with Gasteiger partial charge in [-0.1, -0.05) is 81.4 Å². The molecule has 0 bridgehead atoms.